The molecule has 0 radical (unpaired) electrons. The van der Waals surface area contributed by atoms with Crippen LogP contribution in [-0.2, 0) is 4.79 Å². The number of anilines is 1. The Labute approximate surface area is 175 Å². The van der Waals surface area contributed by atoms with Crippen LogP contribution in [0, 0.1) is 0 Å². The summed E-state index contributed by atoms with van der Waals surface area (Å²) in [5, 5.41) is 0.681. The number of ether oxygens (including phenoxy) is 1. The topological polar surface area (TPSA) is 41.9 Å². The third-order valence-electron chi connectivity index (χ3n) is 5.11. The van der Waals surface area contributed by atoms with Crippen LogP contribution in [0.1, 0.15) is 30.5 Å². The molecule has 0 saturated heterocycles. The molecule has 0 N–H and O–H groups in total. The normalized spacial score (nSPS) is 15.9. The van der Waals surface area contributed by atoms with E-state index in [1.165, 1.54) is 0 Å². The number of hydrogen-bond donors (Lipinski definition) is 0. The van der Waals surface area contributed by atoms with Crippen LogP contribution in [0.3, 0.4) is 0 Å². The molecule has 0 bridgehead atoms. The minimum absolute atomic E-state index is 0.0224. The van der Waals surface area contributed by atoms with Crippen molar-refractivity contribution in [1.82, 2.24) is 0 Å². The highest BCUT2D eigenvalue weighted by molar-refractivity contribution is 6.30. The lowest BCUT2D eigenvalue weighted by molar-refractivity contribution is -0.117. The highest BCUT2D eigenvalue weighted by Gasteiger charge is 2.30. The van der Waals surface area contributed by atoms with Crippen molar-refractivity contribution in [2.45, 2.75) is 19.4 Å². The first kappa shape index (κ1) is 19.2. The lowest BCUT2D eigenvalue weighted by Crippen LogP contribution is -2.33. The second-order valence-corrected chi connectivity index (χ2v) is 7.37. The number of para-hydroxylation sites is 2. The molecule has 1 atom stereocenters. The lowest BCUT2D eigenvalue weighted by Gasteiger charge is -2.30. The average Bonchev–Trinajstić information content (AvgIpc) is 2.91. The largest absolute Gasteiger partial charge is 0.497 e. The molecule has 4 nitrogen and oxygen atoms in total. The number of hydrogen-bond acceptors (Lipinski definition) is 3. The van der Waals surface area contributed by atoms with Crippen molar-refractivity contribution < 1.29 is 9.53 Å². The van der Waals surface area contributed by atoms with Crippen LogP contribution < -0.4 is 9.64 Å². The van der Waals surface area contributed by atoms with Crippen LogP contribution in [0.15, 0.2) is 77.8 Å². The molecule has 5 heteroatoms. The number of rotatable bonds is 3. The number of fused-ring (bicyclic) bond motifs is 1. The molecule has 0 spiro atoms. The Morgan fingerprint density at radius 2 is 1.72 bits per heavy atom. The maximum Gasteiger partial charge on any atom is 0.224 e. The number of methoxy groups -OCH3 is 1. The van der Waals surface area contributed by atoms with Gasteiger partial charge in [-0.2, -0.15) is 0 Å². The Morgan fingerprint density at radius 3 is 2.38 bits per heavy atom. The van der Waals surface area contributed by atoms with Gasteiger partial charge in [-0.15, -0.1) is 0 Å². The molecule has 29 heavy (non-hydrogen) atoms. The minimum Gasteiger partial charge on any atom is -0.497 e. The van der Waals surface area contributed by atoms with Gasteiger partial charge in [0, 0.05) is 18.4 Å². The smallest absolute Gasteiger partial charge is 0.224 e. The SMILES string of the molecule is COc1ccc([C@@H]2CC(c3ccc(Cl)cc3)=Nc3ccccc3N2C(C)=O)cc1. The van der Waals surface area contributed by atoms with Gasteiger partial charge in [-0.05, 0) is 47.5 Å². The zero-order chi connectivity index (χ0) is 20.4. The summed E-state index contributed by atoms with van der Waals surface area (Å²) in [4.78, 5) is 19.5. The summed E-state index contributed by atoms with van der Waals surface area (Å²) >= 11 is 6.08. The maximum atomic E-state index is 12.7. The van der Waals surface area contributed by atoms with Crippen molar-refractivity contribution in [2.24, 2.45) is 4.99 Å². The molecule has 3 aromatic carbocycles. The summed E-state index contributed by atoms with van der Waals surface area (Å²) in [7, 11) is 1.64. The predicted molar refractivity (Wildman–Crippen MR) is 118 cm³/mol. The molecule has 146 valence electrons. The molecule has 3 aromatic rings. The molecule has 1 aliphatic rings. The first-order valence-electron chi connectivity index (χ1n) is 9.43. The summed E-state index contributed by atoms with van der Waals surface area (Å²) in [6.45, 7) is 1.60. The molecule has 0 aliphatic carbocycles. The van der Waals surface area contributed by atoms with Crippen LogP contribution in [0.5, 0.6) is 5.75 Å². The van der Waals surface area contributed by atoms with E-state index < -0.39 is 0 Å². The fourth-order valence-electron chi connectivity index (χ4n) is 3.70. The lowest BCUT2D eigenvalue weighted by atomic mass is 9.95. The number of benzene rings is 3. The zero-order valence-corrected chi connectivity index (χ0v) is 17.1. The van der Waals surface area contributed by atoms with E-state index in [9.17, 15) is 4.79 Å². The second kappa shape index (κ2) is 8.10. The Balaban J connectivity index is 1.87. The molecular formula is C24H21ClN2O2. The molecule has 0 fully saturated rings. The van der Waals surface area contributed by atoms with E-state index in [4.69, 9.17) is 21.3 Å². The Bertz CT molecular complexity index is 1060. The highest BCUT2D eigenvalue weighted by atomic mass is 35.5. The Hall–Kier alpha value is -3.11. The monoisotopic (exact) mass is 404 g/mol. The molecule has 0 aromatic heterocycles. The van der Waals surface area contributed by atoms with Crippen LogP contribution in [-0.4, -0.2) is 18.7 Å². The van der Waals surface area contributed by atoms with Crippen LogP contribution >= 0.6 is 11.6 Å². The highest BCUT2D eigenvalue weighted by Crippen LogP contribution is 2.41. The van der Waals surface area contributed by atoms with E-state index in [1.54, 1.807) is 14.0 Å². The van der Waals surface area contributed by atoms with Gasteiger partial charge >= 0.3 is 0 Å². The van der Waals surface area contributed by atoms with Gasteiger partial charge in [0.15, 0.2) is 0 Å². The van der Waals surface area contributed by atoms with Gasteiger partial charge in [-0.3, -0.25) is 9.79 Å². The molecule has 0 unspecified atom stereocenters. The van der Waals surface area contributed by atoms with Gasteiger partial charge in [0.1, 0.15) is 5.75 Å². The average molecular weight is 405 g/mol. The number of carbonyl (C=O) groups is 1. The van der Waals surface area contributed by atoms with E-state index >= 15 is 0 Å². The summed E-state index contributed by atoms with van der Waals surface area (Å²) in [5.41, 5.74) is 4.53. The summed E-state index contributed by atoms with van der Waals surface area (Å²) in [6, 6.07) is 23.1. The van der Waals surface area contributed by atoms with E-state index in [1.807, 2.05) is 77.7 Å². The quantitative estimate of drug-likeness (QED) is 0.539. The molecule has 4 rings (SSSR count). The fourth-order valence-corrected chi connectivity index (χ4v) is 3.83. The van der Waals surface area contributed by atoms with E-state index in [0.29, 0.717) is 11.4 Å². The third kappa shape index (κ3) is 3.89. The maximum absolute atomic E-state index is 12.7. The minimum atomic E-state index is -0.184. The van der Waals surface area contributed by atoms with Crippen molar-refractivity contribution in [1.29, 1.82) is 0 Å². The van der Waals surface area contributed by atoms with Crippen LogP contribution in [0.4, 0.5) is 11.4 Å². The van der Waals surface area contributed by atoms with Gasteiger partial charge in [-0.1, -0.05) is 48.0 Å². The summed E-state index contributed by atoms with van der Waals surface area (Å²) in [6.07, 6.45) is 0.586. The van der Waals surface area contributed by atoms with Crippen molar-refractivity contribution in [3.63, 3.8) is 0 Å². The van der Waals surface area contributed by atoms with E-state index in [-0.39, 0.29) is 11.9 Å². The van der Waals surface area contributed by atoms with Gasteiger partial charge in [0.05, 0.1) is 30.2 Å². The van der Waals surface area contributed by atoms with Crippen molar-refractivity contribution in [3.05, 3.63) is 88.9 Å². The van der Waals surface area contributed by atoms with Gasteiger partial charge in [0.2, 0.25) is 5.91 Å². The standard InChI is InChI=1S/C24H21ClN2O2/c1-16(28)27-23-6-4-3-5-21(23)26-22(17-7-11-19(25)12-8-17)15-24(27)18-9-13-20(29-2)14-10-18/h3-14,24H,15H2,1-2H3/t24-/m0/s1. The first-order chi connectivity index (χ1) is 14.1. The van der Waals surface area contributed by atoms with Crippen molar-refractivity contribution in [3.8, 4) is 5.75 Å². The number of carbonyl (C=O) groups excluding carboxylic acids is 1. The zero-order valence-electron chi connectivity index (χ0n) is 16.3. The molecule has 1 amide bonds. The second-order valence-electron chi connectivity index (χ2n) is 6.94. The molecule has 0 saturated carbocycles. The molecule has 1 heterocycles. The number of halogens is 1. The fraction of sp³-hybridized carbons (Fsp3) is 0.167. The van der Waals surface area contributed by atoms with Gasteiger partial charge < -0.3 is 9.64 Å². The van der Waals surface area contributed by atoms with E-state index in [2.05, 4.69) is 0 Å². The van der Waals surface area contributed by atoms with Crippen LogP contribution in [0.2, 0.25) is 5.02 Å². The number of nitrogens with zero attached hydrogens (tertiary/aromatic N) is 2. The number of amides is 1. The Morgan fingerprint density at radius 1 is 1.03 bits per heavy atom. The van der Waals surface area contributed by atoms with Crippen LogP contribution in [0.25, 0.3) is 0 Å². The van der Waals surface area contributed by atoms with Crippen molar-refractivity contribution >= 4 is 34.6 Å². The number of aliphatic imine (C=N–C) groups is 1. The van der Waals surface area contributed by atoms with Crippen molar-refractivity contribution in [2.75, 3.05) is 12.0 Å². The summed E-state index contributed by atoms with van der Waals surface area (Å²) in [5.74, 6) is 0.759. The van der Waals surface area contributed by atoms with Gasteiger partial charge in [0.25, 0.3) is 0 Å². The predicted octanol–water partition coefficient (Wildman–Crippen LogP) is 5.97. The molecule has 1 aliphatic heterocycles. The first-order valence-corrected chi connectivity index (χ1v) is 9.81. The van der Waals surface area contributed by atoms with E-state index in [0.717, 1.165) is 34.0 Å². The van der Waals surface area contributed by atoms with Gasteiger partial charge in [-0.25, -0.2) is 0 Å². The third-order valence-corrected chi connectivity index (χ3v) is 5.36. The Kier molecular flexibility index (Phi) is 5.36. The molecular weight excluding hydrogens is 384 g/mol. The summed E-state index contributed by atoms with van der Waals surface area (Å²) < 4.78 is 5.30.